The number of thiazole rings is 1. The van der Waals surface area contributed by atoms with Crippen molar-refractivity contribution in [3.63, 3.8) is 0 Å². The lowest BCUT2D eigenvalue weighted by molar-refractivity contribution is -0.143. The number of amides is 1. The summed E-state index contributed by atoms with van der Waals surface area (Å²) < 4.78 is 1.70. The van der Waals surface area contributed by atoms with E-state index in [1.807, 2.05) is 42.9 Å². The van der Waals surface area contributed by atoms with Crippen LogP contribution in [0.2, 0.25) is 0 Å². The molecule has 1 fully saturated rings. The number of likely N-dealkylation sites (N-methyl/N-ethyl adjacent to an activating group) is 1. The van der Waals surface area contributed by atoms with Crippen molar-refractivity contribution in [1.82, 2.24) is 29.6 Å². The zero-order valence-electron chi connectivity index (χ0n) is 17.6. The number of hydrogen-bond donors (Lipinski definition) is 2. The lowest BCUT2D eigenvalue weighted by atomic mass is 9.90. The number of rotatable bonds is 5. The van der Waals surface area contributed by atoms with Crippen molar-refractivity contribution in [3.8, 4) is 22.0 Å². The summed E-state index contributed by atoms with van der Waals surface area (Å²) in [6.07, 6.45) is 3.88. The van der Waals surface area contributed by atoms with Crippen LogP contribution in [0.3, 0.4) is 0 Å². The minimum atomic E-state index is -1.48. The van der Waals surface area contributed by atoms with E-state index in [1.54, 1.807) is 35.0 Å². The smallest absolute Gasteiger partial charge is 0.258 e. The van der Waals surface area contributed by atoms with Crippen molar-refractivity contribution >= 4 is 29.0 Å². The quantitative estimate of drug-likeness (QED) is 0.484. The van der Waals surface area contributed by atoms with Crippen LogP contribution in [0.25, 0.3) is 22.0 Å². The van der Waals surface area contributed by atoms with Crippen LogP contribution >= 0.6 is 11.3 Å². The summed E-state index contributed by atoms with van der Waals surface area (Å²) >= 11 is 1.47. The summed E-state index contributed by atoms with van der Waals surface area (Å²) in [4.78, 5) is 27.6. The summed E-state index contributed by atoms with van der Waals surface area (Å²) in [6, 6.07) is 11.0. The van der Waals surface area contributed by atoms with Gasteiger partial charge in [-0.2, -0.15) is 5.10 Å². The summed E-state index contributed by atoms with van der Waals surface area (Å²) in [6.45, 7) is 0.531. The van der Waals surface area contributed by atoms with Gasteiger partial charge in [0, 0.05) is 56.5 Å². The van der Waals surface area contributed by atoms with E-state index in [-0.39, 0.29) is 5.91 Å². The van der Waals surface area contributed by atoms with Crippen LogP contribution in [0, 0.1) is 0 Å². The van der Waals surface area contributed by atoms with Gasteiger partial charge in [-0.1, -0.05) is 18.2 Å². The number of nitrogens with one attached hydrogen (secondary N) is 1. The van der Waals surface area contributed by atoms with Crippen LogP contribution in [0.1, 0.15) is 12.0 Å². The molecule has 1 atom stereocenters. The van der Waals surface area contributed by atoms with Crippen molar-refractivity contribution in [2.45, 2.75) is 12.0 Å². The van der Waals surface area contributed by atoms with Gasteiger partial charge in [-0.05, 0) is 17.7 Å². The molecule has 32 heavy (non-hydrogen) atoms. The van der Waals surface area contributed by atoms with E-state index in [1.165, 1.54) is 11.3 Å². The maximum atomic E-state index is 12.5. The third kappa shape index (κ3) is 3.63. The number of hydrogen-bond acceptors (Lipinski definition) is 8. The SMILES string of the molecule is CN1CC[C@@](O)(c2cccc(-c3csc(-c4ccnc(Nc5ccn(C)n5)n4)n3)c2)C1=O. The first-order valence-corrected chi connectivity index (χ1v) is 10.9. The molecular formula is C22H21N7O2S. The van der Waals surface area contributed by atoms with Crippen LogP contribution in [0.15, 0.2) is 54.2 Å². The highest BCUT2D eigenvalue weighted by Gasteiger charge is 2.45. The van der Waals surface area contributed by atoms with E-state index < -0.39 is 5.60 Å². The largest absolute Gasteiger partial charge is 0.375 e. The number of carbonyl (C=O) groups is 1. The van der Waals surface area contributed by atoms with Crippen molar-refractivity contribution in [2.75, 3.05) is 18.9 Å². The van der Waals surface area contributed by atoms with Gasteiger partial charge in [0.1, 0.15) is 10.7 Å². The molecule has 1 saturated heterocycles. The molecule has 3 aromatic heterocycles. The molecule has 4 heterocycles. The van der Waals surface area contributed by atoms with Gasteiger partial charge in [0.2, 0.25) is 5.95 Å². The van der Waals surface area contributed by atoms with Gasteiger partial charge in [0.05, 0.1) is 5.69 Å². The Kier molecular flexibility index (Phi) is 4.95. The van der Waals surface area contributed by atoms with E-state index in [9.17, 15) is 9.90 Å². The monoisotopic (exact) mass is 447 g/mol. The Hall–Kier alpha value is -3.63. The molecular weight excluding hydrogens is 426 g/mol. The normalized spacial score (nSPS) is 18.3. The number of benzene rings is 1. The highest BCUT2D eigenvalue weighted by atomic mass is 32.1. The summed E-state index contributed by atoms with van der Waals surface area (Å²) in [7, 11) is 3.55. The number of likely N-dealkylation sites (tertiary alicyclic amines) is 1. The maximum absolute atomic E-state index is 12.5. The number of nitrogens with zero attached hydrogens (tertiary/aromatic N) is 6. The fourth-order valence-electron chi connectivity index (χ4n) is 3.72. The molecule has 0 bridgehead atoms. The highest BCUT2D eigenvalue weighted by Crippen LogP contribution is 2.35. The Labute approximate surface area is 188 Å². The molecule has 1 aliphatic rings. The molecule has 4 aromatic rings. The molecule has 1 aliphatic heterocycles. The Morgan fingerprint density at radius 3 is 2.78 bits per heavy atom. The Bertz CT molecular complexity index is 1300. The molecule has 1 amide bonds. The van der Waals surface area contributed by atoms with Crippen molar-refractivity contribution in [2.24, 2.45) is 7.05 Å². The second-order valence-corrected chi connectivity index (χ2v) is 8.58. The van der Waals surface area contributed by atoms with E-state index >= 15 is 0 Å². The van der Waals surface area contributed by atoms with Gasteiger partial charge >= 0.3 is 0 Å². The molecule has 162 valence electrons. The molecule has 9 nitrogen and oxygen atoms in total. The number of carbonyl (C=O) groups excluding carboxylic acids is 1. The average molecular weight is 448 g/mol. The van der Waals surface area contributed by atoms with E-state index in [0.29, 0.717) is 36.0 Å². The Morgan fingerprint density at radius 2 is 2.03 bits per heavy atom. The van der Waals surface area contributed by atoms with E-state index in [2.05, 4.69) is 20.4 Å². The zero-order chi connectivity index (χ0) is 22.3. The van der Waals surface area contributed by atoms with E-state index in [4.69, 9.17) is 4.98 Å². The van der Waals surface area contributed by atoms with Gasteiger partial charge in [-0.3, -0.25) is 9.48 Å². The number of anilines is 2. The highest BCUT2D eigenvalue weighted by molar-refractivity contribution is 7.13. The topological polar surface area (TPSA) is 109 Å². The third-order valence-electron chi connectivity index (χ3n) is 5.48. The lowest BCUT2D eigenvalue weighted by Gasteiger charge is -2.21. The molecule has 0 spiro atoms. The number of aromatic nitrogens is 5. The minimum absolute atomic E-state index is 0.275. The maximum Gasteiger partial charge on any atom is 0.258 e. The van der Waals surface area contributed by atoms with Gasteiger partial charge in [-0.25, -0.2) is 15.0 Å². The fourth-order valence-corrected chi connectivity index (χ4v) is 4.51. The summed E-state index contributed by atoms with van der Waals surface area (Å²) in [5.41, 5.74) is 1.39. The number of aryl methyl sites for hydroxylation is 1. The van der Waals surface area contributed by atoms with Crippen LogP contribution in [-0.2, 0) is 17.4 Å². The predicted molar refractivity (Wildman–Crippen MR) is 121 cm³/mol. The van der Waals surface area contributed by atoms with Gasteiger partial charge < -0.3 is 15.3 Å². The van der Waals surface area contributed by atoms with Gasteiger partial charge in [-0.15, -0.1) is 11.3 Å². The minimum Gasteiger partial charge on any atom is -0.375 e. The molecule has 0 saturated carbocycles. The van der Waals surface area contributed by atoms with Crippen molar-refractivity contribution < 1.29 is 9.90 Å². The third-order valence-corrected chi connectivity index (χ3v) is 6.34. The lowest BCUT2D eigenvalue weighted by Crippen LogP contribution is -2.36. The van der Waals surface area contributed by atoms with Crippen LogP contribution in [0.4, 0.5) is 11.8 Å². The second kappa shape index (κ2) is 7.81. The predicted octanol–water partition coefficient (Wildman–Crippen LogP) is 2.79. The summed E-state index contributed by atoms with van der Waals surface area (Å²) in [5.74, 6) is 0.819. The van der Waals surface area contributed by atoms with Crippen molar-refractivity contribution in [1.29, 1.82) is 0 Å². The molecule has 0 aliphatic carbocycles. The van der Waals surface area contributed by atoms with Crippen LogP contribution in [-0.4, -0.2) is 54.2 Å². The van der Waals surface area contributed by atoms with Crippen molar-refractivity contribution in [3.05, 3.63) is 59.7 Å². The Morgan fingerprint density at radius 1 is 1.16 bits per heavy atom. The average Bonchev–Trinajstić information content (AvgIpc) is 3.52. The molecule has 5 rings (SSSR count). The first kappa shape index (κ1) is 20.3. The molecule has 2 N–H and O–H groups in total. The van der Waals surface area contributed by atoms with Gasteiger partial charge in [0.25, 0.3) is 5.91 Å². The Balaban J connectivity index is 1.41. The summed E-state index contributed by atoms with van der Waals surface area (Å²) in [5, 5.41) is 21.0. The van der Waals surface area contributed by atoms with Crippen LogP contribution in [0.5, 0.6) is 0 Å². The molecule has 0 radical (unpaired) electrons. The fraction of sp³-hybridized carbons (Fsp3) is 0.227. The number of aliphatic hydroxyl groups is 1. The molecule has 1 aromatic carbocycles. The first-order valence-electron chi connectivity index (χ1n) is 10.1. The molecule has 0 unspecified atom stereocenters. The standard InChI is InChI=1S/C22H21N7O2S/c1-28-11-8-22(31,20(28)30)15-5-3-4-14(12-15)17-13-32-19(24-17)16-6-9-23-21(25-16)26-18-7-10-29(2)27-18/h3-7,9-10,12-13,31H,8,11H2,1-2H3,(H,23,25,26,27)/t22-/m1/s1. The first-order chi connectivity index (χ1) is 15.4. The zero-order valence-corrected chi connectivity index (χ0v) is 18.4. The second-order valence-electron chi connectivity index (χ2n) is 7.72. The van der Waals surface area contributed by atoms with Crippen LogP contribution < -0.4 is 5.32 Å². The van der Waals surface area contributed by atoms with Gasteiger partial charge in [0.15, 0.2) is 11.4 Å². The molecule has 10 heteroatoms. The van der Waals surface area contributed by atoms with E-state index in [0.717, 1.165) is 16.3 Å².